The van der Waals surface area contributed by atoms with E-state index in [9.17, 15) is 14.9 Å². The molecular formula is C21H29N3O4. The quantitative estimate of drug-likeness (QED) is 0.551. The third-order valence-electron chi connectivity index (χ3n) is 4.42. The van der Waals surface area contributed by atoms with Gasteiger partial charge in [-0.05, 0) is 39.2 Å². The van der Waals surface area contributed by atoms with E-state index in [1.54, 1.807) is 25.7 Å². The van der Waals surface area contributed by atoms with Crippen molar-refractivity contribution in [3.8, 4) is 6.07 Å². The van der Waals surface area contributed by atoms with E-state index in [0.717, 1.165) is 5.56 Å². The number of hydrogen-bond donors (Lipinski definition) is 0. The van der Waals surface area contributed by atoms with Crippen LogP contribution in [0.5, 0.6) is 0 Å². The van der Waals surface area contributed by atoms with Gasteiger partial charge in [-0.25, -0.2) is 5.06 Å². The third-order valence-corrected chi connectivity index (χ3v) is 4.42. The Morgan fingerprint density at radius 2 is 1.93 bits per heavy atom. The lowest BCUT2D eigenvalue weighted by atomic mass is 9.98. The zero-order valence-electron chi connectivity index (χ0n) is 17.1. The van der Waals surface area contributed by atoms with Crippen LogP contribution in [0.2, 0.25) is 0 Å². The molecule has 0 aliphatic carbocycles. The number of likely N-dealkylation sites (tertiary alicyclic amines) is 1. The monoisotopic (exact) mass is 387 g/mol. The predicted octanol–water partition coefficient (Wildman–Crippen LogP) is 2.66. The summed E-state index contributed by atoms with van der Waals surface area (Å²) in [6.45, 7) is 7.55. The van der Waals surface area contributed by atoms with Gasteiger partial charge >= 0.3 is 5.97 Å². The summed E-state index contributed by atoms with van der Waals surface area (Å²) in [6.07, 6.45) is 1.19. The summed E-state index contributed by atoms with van der Waals surface area (Å²) in [5.74, 6) is -0.582. The molecule has 0 bridgehead atoms. The normalized spacial score (nSPS) is 20.2. The second-order valence-electron chi connectivity index (χ2n) is 8.00. The number of hydroxylamine groups is 2. The zero-order chi connectivity index (χ0) is 20.7. The van der Waals surface area contributed by atoms with Crippen LogP contribution in [0.4, 0.5) is 0 Å². The molecule has 2 unspecified atom stereocenters. The third kappa shape index (κ3) is 6.63. The Hall–Kier alpha value is -2.43. The first-order chi connectivity index (χ1) is 13.2. The number of piperidine rings is 1. The van der Waals surface area contributed by atoms with E-state index in [0.29, 0.717) is 19.4 Å². The highest BCUT2D eigenvalue weighted by Crippen LogP contribution is 2.22. The molecule has 1 aromatic rings. The minimum atomic E-state index is -0.585. The molecule has 0 saturated carbocycles. The van der Waals surface area contributed by atoms with Crippen LogP contribution in [-0.2, 0) is 25.8 Å². The lowest BCUT2D eigenvalue weighted by molar-refractivity contribution is -0.210. The first kappa shape index (κ1) is 21.9. The Kier molecular flexibility index (Phi) is 7.55. The van der Waals surface area contributed by atoms with Gasteiger partial charge in [-0.3, -0.25) is 19.3 Å². The Bertz CT molecular complexity index is 709. The maximum atomic E-state index is 12.2. The molecule has 7 heteroatoms. The van der Waals surface area contributed by atoms with Gasteiger partial charge in [0.15, 0.2) is 0 Å². The van der Waals surface area contributed by atoms with Crippen LogP contribution in [0.1, 0.15) is 46.1 Å². The van der Waals surface area contributed by atoms with Crippen molar-refractivity contribution in [3.63, 3.8) is 0 Å². The van der Waals surface area contributed by atoms with Gasteiger partial charge in [0.05, 0.1) is 24.7 Å². The van der Waals surface area contributed by atoms with Gasteiger partial charge in [0.25, 0.3) is 0 Å². The van der Waals surface area contributed by atoms with Crippen molar-refractivity contribution in [2.45, 2.75) is 64.8 Å². The molecule has 0 N–H and O–H groups in total. The van der Waals surface area contributed by atoms with Crippen LogP contribution in [0.3, 0.4) is 0 Å². The van der Waals surface area contributed by atoms with Gasteiger partial charge < -0.3 is 4.74 Å². The van der Waals surface area contributed by atoms with Crippen LogP contribution < -0.4 is 0 Å². The van der Waals surface area contributed by atoms with Crippen molar-refractivity contribution in [2.24, 2.45) is 0 Å². The first-order valence-electron chi connectivity index (χ1n) is 9.52. The highest BCUT2D eigenvalue weighted by atomic mass is 16.7. The fraction of sp³-hybridized carbons (Fsp3) is 0.571. The number of nitrogens with zero attached hydrogens (tertiary/aromatic N) is 3. The molecule has 1 saturated heterocycles. The van der Waals surface area contributed by atoms with Gasteiger partial charge in [0, 0.05) is 13.5 Å². The highest BCUT2D eigenvalue weighted by molar-refractivity contribution is 5.73. The minimum absolute atomic E-state index is 0.0103. The van der Waals surface area contributed by atoms with Crippen molar-refractivity contribution in [1.82, 2.24) is 9.96 Å². The Morgan fingerprint density at radius 3 is 2.50 bits per heavy atom. The lowest BCUT2D eigenvalue weighted by Crippen LogP contribution is -2.54. The molecule has 1 aliphatic rings. The molecule has 2 atom stereocenters. The molecule has 0 radical (unpaired) electrons. The second kappa shape index (κ2) is 9.67. The SMILES string of the molecule is CC(=O)N(OCc1ccccc1)C1CCC(C#N)N(CC(=O)OC(C)(C)C)C1. The number of benzene rings is 1. The number of carbonyl (C=O) groups excluding carboxylic acids is 2. The highest BCUT2D eigenvalue weighted by Gasteiger charge is 2.35. The maximum Gasteiger partial charge on any atom is 0.320 e. The molecule has 1 amide bonds. The minimum Gasteiger partial charge on any atom is -0.459 e. The fourth-order valence-electron chi connectivity index (χ4n) is 3.25. The molecule has 0 aromatic heterocycles. The Morgan fingerprint density at radius 1 is 1.25 bits per heavy atom. The summed E-state index contributed by atoms with van der Waals surface area (Å²) < 4.78 is 5.38. The summed E-state index contributed by atoms with van der Waals surface area (Å²) >= 11 is 0. The summed E-state index contributed by atoms with van der Waals surface area (Å²) in [4.78, 5) is 31.9. The number of hydrogen-bond acceptors (Lipinski definition) is 6. The maximum absolute atomic E-state index is 12.2. The number of nitriles is 1. The molecule has 1 heterocycles. The Balaban J connectivity index is 2.03. The van der Waals surface area contributed by atoms with Crippen molar-refractivity contribution >= 4 is 11.9 Å². The van der Waals surface area contributed by atoms with E-state index in [2.05, 4.69) is 6.07 Å². The molecular weight excluding hydrogens is 358 g/mol. The topological polar surface area (TPSA) is 82.9 Å². The van der Waals surface area contributed by atoms with Gasteiger partial charge in [-0.1, -0.05) is 30.3 Å². The summed E-state index contributed by atoms with van der Waals surface area (Å²) in [5.41, 5.74) is 0.378. The number of ether oxygens (including phenoxy) is 1. The van der Waals surface area contributed by atoms with Gasteiger partial charge in [0.1, 0.15) is 12.2 Å². The fourth-order valence-corrected chi connectivity index (χ4v) is 3.25. The second-order valence-corrected chi connectivity index (χ2v) is 8.00. The molecule has 2 rings (SSSR count). The van der Waals surface area contributed by atoms with Crippen molar-refractivity contribution in [1.29, 1.82) is 5.26 Å². The average Bonchev–Trinajstić information content (AvgIpc) is 2.61. The van der Waals surface area contributed by atoms with E-state index in [-0.39, 0.29) is 37.1 Å². The molecule has 1 fully saturated rings. The molecule has 7 nitrogen and oxygen atoms in total. The van der Waals surface area contributed by atoms with E-state index in [1.165, 1.54) is 12.0 Å². The van der Waals surface area contributed by atoms with Gasteiger partial charge in [0.2, 0.25) is 5.91 Å². The summed E-state index contributed by atoms with van der Waals surface area (Å²) in [6, 6.07) is 11.2. The van der Waals surface area contributed by atoms with E-state index in [1.807, 2.05) is 30.3 Å². The van der Waals surface area contributed by atoms with Crippen LogP contribution in [0.15, 0.2) is 30.3 Å². The van der Waals surface area contributed by atoms with Gasteiger partial charge in [-0.15, -0.1) is 0 Å². The van der Waals surface area contributed by atoms with Gasteiger partial charge in [-0.2, -0.15) is 5.26 Å². The van der Waals surface area contributed by atoms with Crippen LogP contribution >= 0.6 is 0 Å². The van der Waals surface area contributed by atoms with E-state index in [4.69, 9.17) is 9.57 Å². The first-order valence-corrected chi connectivity index (χ1v) is 9.52. The zero-order valence-corrected chi connectivity index (χ0v) is 17.1. The number of rotatable bonds is 6. The van der Waals surface area contributed by atoms with Crippen molar-refractivity contribution < 1.29 is 19.2 Å². The average molecular weight is 387 g/mol. The van der Waals surface area contributed by atoms with Crippen molar-refractivity contribution in [3.05, 3.63) is 35.9 Å². The molecule has 1 aliphatic heterocycles. The smallest absolute Gasteiger partial charge is 0.320 e. The Labute approximate surface area is 166 Å². The van der Waals surface area contributed by atoms with E-state index < -0.39 is 5.60 Å². The largest absolute Gasteiger partial charge is 0.459 e. The summed E-state index contributed by atoms with van der Waals surface area (Å²) in [5, 5.41) is 10.8. The summed E-state index contributed by atoms with van der Waals surface area (Å²) in [7, 11) is 0. The molecule has 0 spiro atoms. The van der Waals surface area contributed by atoms with Crippen LogP contribution in [0.25, 0.3) is 0 Å². The van der Waals surface area contributed by atoms with Crippen LogP contribution in [-0.4, -0.2) is 52.6 Å². The predicted molar refractivity (Wildman–Crippen MR) is 104 cm³/mol. The standard InChI is InChI=1S/C21H29N3O4/c1-16(25)24(27-15-17-8-6-5-7-9-17)19-11-10-18(12-22)23(13-19)14-20(26)28-21(2,3)4/h5-9,18-19H,10-11,13-15H2,1-4H3. The van der Waals surface area contributed by atoms with Crippen molar-refractivity contribution in [2.75, 3.05) is 13.1 Å². The molecule has 152 valence electrons. The number of carbonyl (C=O) groups is 2. The number of amides is 1. The molecule has 1 aromatic carbocycles. The van der Waals surface area contributed by atoms with Crippen LogP contribution in [0, 0.1) is 11.3 Å². The molecule has 28 heavy (non-hydrogen) atoms. The number of esters is 1. The lowest BCUT2D eigenvalue weighted by Gasteiger charge is -2.40. The van der Waals surface area contributed by atoms with E-state index >= 15 is 0 Å².